The summed E-state index contributed by atoms with van der Waals surface area (Å²) in [7, 11) is 1.34. The fourth-order valence-corrected chi connectivity index (χ4v) is 3.21. The number of nitrogens with one attached hydrogen (secondary N) is 1. The normalized spacial score (nSPS) is 10.6. The van der Waals surface area contributed by atoms with E-state index in [-0.39, 0.29) is 12.3 Å². The highest BCUT2D eigenvalue weighted by atomic mass is 16.5. The van der Waals surface area contributed by atoms with Crippen LogP contribution in [0.2, 0.25) is 0 Å². The summed E-state index contributed by atoms with van der Waals surface area (Å²) in [5.41, 5.74) is 5.30. The Kier molecular flexibility index (Phi) is 5.59. The number of hydrogen-bond donors (Lipinski definition) is 1. The van der Waals surface area contributed by atoms with Crippen LogP contribution in [0.15, 0.2) is 48.5 Å². The number of esters is 1. The Morgan fingerprint density at radius 2 is 1.75 bits per heavy atom. The number of benzene rings is 2. The van der Waals surface area contributed by atoms with Gasteiger partial charge in [0.1, 0.15) is 0 Å². The molecule has 0 bridgehead atoms. The summed E-state index contributed by atoms with van der Waals surface area (Å²) in [5, 5.41) is 7.48. The van der Waals surface area contributed by atoms with E-state index in [2.05, 4.69) is 10.4 Å². The van der Waals surface area contributed by atoms with Gasteiger partial charge in [-0.3, -0.25) is 4.79 Å². The smallest absolute Gasteiger partial charge is 0.338 e. The topological polar surface area (TPSA) is 73.2 Å². The van der Waals surface area contributed by atoms with E-state index in [9.17, 15) is 9.59 Å². The minimum absolute atomic E-state index is 0.163. The molecule has 3 rings (SSSR count). The van der Waals surface area contributed by atoms with Gasteiger partial charge in [0.15, 0.2) is 0 Å². The first-order valence-corrected chi connectivity index (χ1v) is 9.00. The average molecular weight is 377 g/mol. The molecule has 0 aliphatic heterocycles. The van der Waals surface area contributed by atoms with Crippen molar-refractivity contribution >= 4 is 17.6 Å². The SMILES string of the molecule is COC(=O)c1cccc(NC(=O)Cc2c(C)nn(-c3ccccc3)c2C)c1C. The van der Waals surface area contributed by atoms with E-state index < -0.39 is 5.97 Å². The Hall–Kier alpha value is -3.41. The van der Waals surface area contributed by atoms with Crippen LogP contribution in [0, 0.1) is 20.8 Å². The number of carbonyl (C=O) groups is 2. The fraction of sp³-hybridized carbons (Fsp3) is 0.227. The highest BCUT2D eigenvalue weighted by Gasteiger charge is 2.18. The molecule has 0 saturated carbocycles. The second kappa shape index (κ2) is 8.08. The molecular formula is C22H23N3O3. The molecular weight excluding hydrogens is 354 g/mol. The molecule has 0 unspecified atom stereocenters. The quantitative estimate of drug-likeness (QED) is 0.687. The number of methoxy groups -OCH3 is 1. The van der Waals surface area contributed by atoms with Gasteiger partial charge in [-0.05, 0) is 50.6 Å². The molecule has 0 saturated heterocycles. The number of carbonyl (C=O) groups excluding carboxylic acids is 2. The van der Waals surface area contributed by atoms with Gasteiger partial charge in [-0.25, -0.2) is 9.48 Å². The Morgan fingerprint density at radius 1 is 1.04 bits per heavy atom. The first-order chi connectivity index (χ1) is 13.4. The van der Waals surface area contributed by atoms with Crippen molar-refractivity contribution in [3.05, 3.63) is 76.6 Å². The third-order valence-corrected chi connectivity index (χ3v) is 4.79. The van der Waals surface area contributed by atoms with Crippen molar-refractivity contribution in [1.82, 2.24) is 9.78 Å². The van der Waals surface area contributed by atoms with Gasteiger partial charge in [0.05, 0.1) is 30.5 Å². The van der Waals surface area contributed by atoms with Crippen LogP contribution in [-0.2, 0) is 16.0 Å². The van der Waals surface area contributed by atoms with E-state index in [0.29, 0.717) is 16.8 Å². The Bertz CT molecular complexity index is 1020. The molecule has 0 fully saturated rings. The van der Waals surface area contributed by atoms with E-state index in [0.717, 1.165) is 22.6 Å². The van der Waals surface area contributed by atoms with Gasteiger partial charge in [0.2, 0.25) is 5.91 Å². The van der Waals surface area contributed by atoms with Crippen LogP contribution in [0.5, 0.6) is 0 Å². The van der Waals surface area contributed by atoms with Crippen LogP contribution in [0.1, 0.15) is 32.9 Å². The van der Waals surface area contributed by atoms with Crippen LogP contribution < -0.4 is 5.32 Å². The maximum absolute atomic E-state index is 12.7. The molecule has 3 aromatic rings. The standard InChI is InChI=1S/C22H23N3O3/c1-14-18(22(27)28-4)11-8-12-20(14)23-21(26)13-19-15(2)24-25(16(19)3)17-9-6-5-7-10-17/h5-12H,13H2,1-4H3,(H,23,26). The third-order valence-electron chi connectivity index (χ3n) is 4.79. The van der Waals surface area contributed by atoms with Gasteiger partial charge in [-0.15, -0.1) is 0 Å². The highest BCUT2D eigenvalue weighted by molar-refractivity contribution is 5.97. The largest absolute Gasteiger partial charge is 0.465 e. The predicted octanol–water partition coefficient (Wildman–Crippen LogP) is 3.77. The molecule has 6 nitrogen and oxygen atoms in total. The second-order valence-corrected chi connectivity index (χ2v) is 6.59. The summed E-state index contributed by atoms with van der Waals surface area (Å²) in [6.45, 7) is 5.64. The molecule has 0 aliphatic rings. The summed E-state index contributed by atoms with van der Waals surface area (Å²) < 4.78 is 6.63. The zero-order valence-electron chi connectivity index (χ0n) is 16.4. The minimum atomic E-state index is -0.426. The number of para-hydroxylation sites is 1. The number of anilines is 1. The van der Waals surface area contributed by atoms with Crippen molar-refractivity contribution < 1.29 is 14.3 Å². The lowest BCUT2D eigenvalue weighted by atomic mass is 10.1. The first-order valence-electron chi connectivity index (χ1n) is 9.00. The first kappa shape index (κ1) is 19.4. The molecule has 6 heteroatoms. The molecule has 0 radical (unpaired) electrons. The van der Waals surface area contributed by atoms with Crippen LogP contribution in [-0.4, -0.2) is 28.8 Å². The van der Waals surface area contributed by atoms with E-state index in [1.807, 2.05) is 48.9 Å². The number of hydrogen-bond acceptors (Lipinski definition) is 4. The number of amides is 1. The van der Waals surface area contributed by atoms with Gasteiger partial charge < -0.3 is 10.1 Å². The highest BCUT2D eigenvalue weighted by Crippen LogP contribution is 2.22. The fourth-order valence-electron chi connectivity index (χ4n) is 3.21. The van der Waals surface area contributed by atoms with Crippen LogP contribution in [0.3, 0.4) is 0 Å². The van der Waals surface area contributed by atoms with Gasteiger partial charge in [0.25, 0.3) is 0 Å². The van der Waals surface area contributed by atoms with E-state index in [1.165, 1.54) is 7.11 Å². The van der Waals surface area contributed by atoms with Crippen molar-refractivity contribution in [2.75, 3.05) is 12.4 Å². The molecule has 0 atom stereocenters. The van der Waals surface area contributed by atoms with Crippen molar-refractivity contribution in [3.8, 4) is 5.69 Å². The monoisotopic (exact) mass is 377 g/mol. The van der Waals surface area contributed by atoms with Crippen LogP contribution in [0.25, 0.3) is 5.69 Å². The number of nitrogens with zero attached hydrogens (tertiary/aromatic N) is 2. The van der Waals surface area contributed by atoms with Crippen molar-refractivity contribution in [3.63, 3.8) is 0 Å². The molecule has 2 aromatic carbocycles. The zero-order valence-corrected chi connectivity index (χ0v) is 16.4. The lowest BCUT2D eigenvalue weighted by Crippen LogP contribution is -2.17. The Balaban J connectivity index is 1.82. The molecule has 28 heavy (non-hydrogen) atoms. The zero-order chi connectivity index (χ0) is 20.3. The molecule has 1 aromatic heterocycles. The summed E-state index contributed by atoms with van der Waals surface area (Å²) in [4.78, 5) is 24.5. The summed E-state index contributed by atoms with van der Waals surface area (Å²) in [6, 6.07) is 15.0. The minimum Gasteiger partial charge on any atom is -0.465 e. The van der Waals surface area contributed by atoms with Crippen LogP contribution in [0.4, 0.5) is 5.69 Å². The lowest BCUT2D eigenvalue weighted by molar-refractivity contribution is -0.115. The predicted molar refractivity (Wildman–Crippen MR) is 108 cm³/mol. The molecule has 0 spiro atoms. The molecule has 1 N–H and O–H groups in total. The number of aromatic nitrogens is 2. The maximum Gasteiger partial charge on any atom is 0.338 e. The summed E-state index contributed by atoms with van der Waals surface area (Å²) in [5.74, 6) is -0.589. The van der Waals surface area contributed by atoms with Gasteiger partial charge in [-0.2, -0.15) is 5.10 Å². The van der Waals surface area contributed by atoms with Gasteiger partial charge in [0, 0.05) is 16.9 Å². The van der Waals surface area contributed by atoms with Gasteiger partial charge in [-0.1, -0.05) is 24.3 Å². The van der Waals surface area contributed by atoms with Crippen LogP contribution >= 0.6 is 0 Å². The third kappa shape index (κ3) is 3.81. The molecule has 144 valence electrons. The van der Waals surface area contributed by atoms with Crippen molar-refractivity contribution in [1.29, 1.82) is 0 Å². The number of ether oxygens (including phenoxy) is 1. The van der Waals surface area contributed by atoms with E-state index in [1.54, 1.807) is 25.1 Å². The number of rotatable bonds is 5. The summed E-state index contributed by atoms with van der Waals surface area (Å²) >= 11 is 0. The average Bonchev–Trinajstić information content (AvgIpc) is 2.98. The van der Waals surface area contributed by atoms with E-state index in [4.69, 9.17) is 4.74 Å². The second-order valence-electron chi connectivity index (χ2n) is 6.59. The maximum atomic E-state index is 12.7. The molecule has 1 heterocycles. The van der Waals surface area contributed by atoms with E-state index >= 15 is 0 Å². The lowest BCUT2D eigenvalue weighted by Gasteiger charge is -2.11. The molecule has 1 amide bonds. The number of aryl methyl sites for hydroxylation is 1. The Morgan fingerprint density at radius 3 is 2.43 bits per heavy atom. The molecule has 0 aliphatic carbocycles. The Labute approximate surface area is 164 Å². The van der Waals surface area contributed by atoms with Crippen molar-refractivity contribution in [2.24, 2.45) is 0 Å². The summed E-state index contributed by atoms with van der Waals surface area (Å²) in [6.07, 6.45) is 0.201. The van der Waals surface area contributed by atoms with Crippen molar-refractivity contribution in [2.45, 2.75) is 27.2 Å². The van der Waals surface area contributed by atoms with Gasteiger partial charge >= 0.3 is 5.97 Å².